The number of hydrogen-bond donors (Lipinski definition) is 1. The summed E-state index contributed by atoms with van der Waals surface area (Å²) in [6, 6.07) is 18.1. The number of anilines is 1. The van der Waals surface area contributed by atoms with E-state index in [4.69, 9.17) is 0 Å². The van der Waals surface area contributed by atoms with Crippen molar-refractivity contribution in [3.05, 3.63) is 106 Å². The number of nitro benzene ring substituents is 1. The Balaban J connectivity index is 2.07. The van der Waals surface area contributed by atoms with Crippen molar-refractivity contribution in [2.75, 3.05) is 17.1 Å². The molecule has 0 aromatic heterocycles. The zero-order valence-electron chi connectivity index (χ0n) is 22.4. The maximum Gasteiger partial charge on any atom is 0.271 e. The first-order chi connectivity index (χ1) is 18.8. The highest BCUT2D eigenvalue weighted by Gasteiger charge is 2.33. The fourth-order valence-electron chi connectivity index (χ4n) is 4.10. The van der Waals surface area contributed by atoms with Gasteiger partial charge in [0.2, 0.25) is 21.8 Å². The first kappa shape index (κ1) is 30.2. The van der Waals surface area contributed by atoms with E-state index in [1.54, 1.807) is 26.0 Å². The van der Waals surface area contributed by atoms with Crippen LogP contribution in [-0.2, 0) is 32.6 Å². The zero-order valence-corrected chi connectivity index (χ0v) is 23.2. The lowest BCUT2D eigenvalue weighted by Gasteiger charge is -2.34. The zero-order chi connectivity index (χ0) is 29.4. The van der Waals surface area contributed by atoms with Gasteiger partial charge in [-0.05, 0) is 43.2 Å². The van der Waals surface area contributed by atoms with Gasteiger partial charge in [0.25, 0.3) is 5.69 Å². The van der Waals surface area contributed by atoms with Crippen molar-refractivity contribution < 1.29 is 27.3 Å². The second-order valence-corrected chi connectivity index (χ2v) is 11.5. The molecule has 0 heterocycles. The van der Waals surface area contributed by atoms with E-state index in [1.165, 1.54) is 47.4 Å². The van der Waals surface area contributed by atoms with E-state index >= 15 is 0 Å². The summed E-state index contributed by atoms with van der Waals surface area (Å²) >= 11 is 0. The Morgan fingerprint density at radius 3 is 2.20 bits per heavy atom. The number of nitrogens with zero attached hydrogens (tertiary/aromatic N) is 3. The van der Waals surface area contributed by atoms with Gasteiger partial charge in [0.1, 0.15) is 18.4 Å². The molecule has 1 atom stereocenters. The minimum absolute atomic E-state index is 0.0713. The van der Waals surface area contributed by atoms with Crippen LogP contribution in [0.1, 0.15) is 25.0 Å². The monoisotopic (exact) mass is 570 g/mol. The number of hydrogen-bond acceptors (Lipinski definition) is 6. The summed E-state index contributed by atoms with van der Waals surface area (Å²) in [6.45, 7) is 2.71. The van der Waals surface area contributed by atoms with Gasteiger partial charge in [0, 0.05) is 31.1 Å². The van der Waals surface area contributed by atoms with Crippen LogP contribution in [0.4, 0.5) is 15.8 Å². The van der Waals surface area contributed by atoms with Gasteiger partial charge in [0.05, 0.1) is 16.9 Å². The summed E-state index contributed by atoms with van der Waals surface area (Å²) < 4.78 is 39.9. The van der Waals surface area contributed by atoms with Gasteiger partial charge in [-0.2, -0.15) is 0 Å². The third-order valence-corrected chi connectivity index (χ3v) is 7.12. The number of carbonyl (C=O) groups is 2. The molecular weight excluding hydrogens is 539 g/mol. The maximum atomic E-state index is 13.9. The predicted molar refractivity (Wildman–Crippen MR) is 149 cm³/mol. The van der Waals surface area contributed by atoms with E-state index in [-0.39, 0.29) is 30.4 Å². The SMILES string of the molecule is CC(C)NC(=O)[C@H](Cc1ccccc1)N(Cc1ccc(F)cc1)C(=O)CN(c1cccc([N+](=O)[O-])c1)S(C)(=O)=O. The molecule has 0 saturated heterocycles. The van der Waals surface area contributed by atoms with Gasteiger partial charge >= 0.3 is 0 Å². The lowest BCUT2D eigenvalue weighted by atomic mass is 10.0. The van der Waals surface area contributed by atoms with Crippen LogP contribution in [0.3, 0.4) is 0 Å². The molecule has 2 amide bonds. The Labute approximate surface area is 232 Å². The molecule has 0 saturated carbocycles. The largest absolute Gasteiger partial charge is 0.352 e. The number of nitro groups is 1. The number of non-ortho nitro benzene ring substituents is 1. The number of nitrogens with one attached hydrogen (secondary N) is 1. The van der Waals surface area contributed by atoms with E-state index in [1.807, 2.05) is 18.2 Å². The highest BCUT2D eigenvalue weighted by molar-refractivity contribution is 7.92. The number of rotatable bonds is 12. The molecule has 3 aromatic carbocycles. The predicted octanol–water partition coefficient (Wildman–Crippen LogP) is 3.66. The molecule has 0 radical (unpaired) electrons. The van der Waals surface area contributed by atoms with Crippen LogP contribution in [0, 0.1) is 15.9 Å². The quantitative estimate of drug-likeness (QED) is 0.261. The van der Waals surface area contributed by atoms with Crippen molar-refractivity contribution in [1.29, 1.82) is 0 Å². The van der Waals surface area contributed by atoms with E-state index in [0.717, 1.165) is 22.2 Å². The van der Waals surface area contributed by atoms with Crippen molar-refractivity contribution in [2.24, 2.45) is 0 Å². The number of amides is 2. The summed E-state index contributed by atoms with van der Waals surface area (Å²) in [7, 11) is -4.08. The van der Waals surface area contributed by atoms with Crippen LogP contribution in [0.2, 0.25) is 0 Å². The second kappa shape index (κ2) is 13.2. The summed E-state index contributed by atoms with van der Waals surface area (Å²) in [5.41, 5.74) is 0.867. The van der Waals surface area contributed by atoms with E-state index in [0.29, 0.717) is 5.56 Å². The Bertz CT molecular complexity index is 1450. The number of sulfonamides is 1. The Hall–Kier alpha value is -4.32. The van der Waals surface area contributed by atoms with E-state index < -0.39 is 45.2 Å². The molecule has 0 fully saturated rings. The van der Waals surface area contributed by atoms with Gasteiger partial charge < -0.3 is 10.2 Å². The first-order valence-corrected chi connectivity index (χ1v) is 14.3. The average Bonchev–Trinajstić information content (AvgIpc) is 2.89. The molecule has 12 heteroatoms. The van der Waals surface area contributed by atoms with Crippen molar-refractivity contribution >= 4 is 33.2 Å². The van der Waals surface area contributed by atoms with Crippen molar-refractivity contribution in [1.82, 2.24) is 10.2 Å². The fraction of sp³-hybridized carbons (Fsp3) is 0.286. The van der Waals surface area contributed by atoms with E-state index in [9.17, 15) is 32.5 Å². The lowest BCUT2D eigenvalue weighted by Crippen LogP contribution is -2.54. The molecule has 212 valence electrons. The molecule has 0 bridgehead atoms. The summed E-state index contributed by atoms with van der Waals surface area (Å²) in [5, 5.41) is 14.1. The number of carbonyl (C=O) groups excluding carboxylic acids is 2. The van der Waals surface area contributed by atoms with Gasteiger partial charge in [-0.25, -0.2) is 12.8 Å². The molecule has 1 N–H and O–H groups in total. The van der Waals surface area contributed by atoms with Gasteiger partial charge in [-0.15, -0.1) is 0 Å². The van der Waals surface area contributed by atoms with Crippen LogP contribution in [0.5, 0.6) is 0 Å². The molecule has 0 spiro atoms. The highest BCUT2D eigenvalue weighted by Crippen LogP contribution is 2.24. The minimum Gasteiger partial charge on any atom is -0.352 e. The van der Waals surface area contributed by atoms with Crippen molar-refractivity contribution in [3.63, 3.8) is 0 Å². The van der Waals surface area contributed by atoms with Crippen LogP contribution < -0.4 is 9.62 Å². The Morgan fingerprint density at radius 2 is 1.62 bits per heavy atom. The van der Waals surface area contributed by atoms with Crippen LogP contribution in [-0.4, -0.2) is 54.9 Å². The van der Waals surface area contributed by atoms with E-state index in [2.05, 4.69) is 5.32 Å². The van der Waals surface area contributed by atoms with Gasteiger partial charge in [0.15, 0.2) is 0 Å². The minimum atomic E-state index is -4.08. The standard InChI is InChI=1S/C28H31FN4O6S/c1-20(2)30-28(35)26(16-21-8-5-4-6-9-21)31(18-22-12-14-23(29)15-13-22)27(34)19-32(40(3,38)39)24-10-7-11-25(17-24)33(36)37/h4-15,17,20,26H,16,18-19H2,1-3H3,(H,30,35)/t26-/m0/s1. The molecular formula is C28H31FN4O6S. The third-order valence-electron chi connectivity index (χ3n) is 5.98. The summed E-state index contributed by atoms with van der Waals surface area (Å²) in [4.78, 5) is 39.3. The molecule has 0 aliphatic rings. The third kappa shape index (κ3) is 8.34. The molecule has 0 aliphatic heterocycles. The Morgan fingerprint density at radius 1 is 0.975 bits per heavy atom. The lowest BCUT2D eigenvalue weighted by molar-refractivity contribution is -0.384. The van der Waals surface area contributed by atoms with Gasteiger partial charge in [-0.1, -0.05) is 48.5 Å². The Kier molecular flexibility index (Phi) is 9.94. The van der Waals surface area contributed by atoms with Crippen LogP contribution >= 0.6 is 0 Å². The van der Waals surface area contributed by atoms with Gasteiger partial charge in [-0.3, -0.25) is 24.0 Å². The summed E-state index contributed by atoms with van der Waals surface area (Å²) in [5.74, 6) is -1.65. The molecule has 3 aromatic rings. The van der Waals surface area contributed by atoms with Crippen LogP contribution in [0.25, 0.3) is 0 Å². The molecule has 40 heavy (non-hydrogen) atoms. The molecule has 3 rings (SSSR count). The fourth-order valence-corrected chi connectivity index (χ4v) is 4.94. The average molecular weight is 571 g/mol. The first-order valence-electron chi connectivity index (χ1n) is 12.5. The van der Waals surface area contributed by atoms with Crippen molar-refractivity contribution in [2.45, 2.75) is 38.9 Å². The normalized spacial score (nSPS) is 12.0. The molecule has 0 aliphatic carbocycles. The molecule has 0 unspecified atom stereocenters. The maximum absolute atomic E-state index is 13.9. The topological polar surface area (TPSA) is 130 Å². The summed E-state index contributed by atoms with van der Waals surface area (Å²) in [6.07, 6.45) is 1.01. The number of benzene rings is 3. The molecule has 10 nitrogen and oxygen atoms in total. The second-order valence-electron chi connectivity index (χ2n) is 9.56. The smallest absolute Gasteiger partial charge is 0.271 e. The highest BCUT2D eigenvalue weighted by atomic mass is 32.2. The number of halogens is 1. The van der Waals surface area contributed by atoms with Crippen molar-refractivity contribution in [3.8, 4) is 0 Å². The van der Waals surface area contributed by atoms with Crippen LogP contribution in [0.15, 0.2) is 78.9 Å².